The average molecular weight is 467 g/mol. The average Bonchev–Trinajstić information content (AvgIpc) is 2.72. The summed E-state index contributed by atoms with van der Waals surface area (Å²) in [5.41, 5.74) is 6.08. The molecule has 1 aromatic carbocycles. The van der Waals surface area contributed by atoms with Crippen molar-refractivity contribution in [2.24, 2.45) is 5.73 Å². The van der Waals surface area contributed by atoms with Crippen molar-refractivity contribution in [2.75, 3.05) is 19.6 Å². The highest BCUT2D eigenvalue weighted by molar-refractivity contribution is 7.88. The van der Waals surface area contributed by atoms with Crippen molar-refractivity contribution in [3.63, 3.8) is 0 Å². The highest BCUT2D eigenvalue weighted by atomic mass is 32.2. The lowest BCUT2D eigenvalue weighted by atomic mass is 10.0. The second-order valence-corrected chi connectivity index (χ2v) is 9.88. The maximum atomic E-state index is 12.8. The molecule has 2 aliphatic heterocycles. The number of aliphatic hydroxyl groups excluding tert-OH is 1. The van der Waals surface area contributed by atoms with Gasteiger partial charge in [-0.25, -0.2) is 13.1 Å². The first-order valence-electron chi connectivity index (χ1n) is 10.6. The van der Waals surface area contributed by atoms with Crippen molar-refractivity contribution in [3.05, 3.63) is 35.9 Å². The van der Waals surface area contributed by atoms with E-state index in [-0.39, 0.29) is 18.3 Å². The molecule has 0 radical (unpaired) electrons. The van der Waals surface area contributed by atoms with Crippen LogP contribution in [0.25, 0.3) is 0 Å². The second-order valence-electron chi connectivity index (χ2n) is 8.13. The van der Waals surface area contributed by atoms with E-state index in [0.29, 0.717) is 44.3 Å². The van der Waals surface area contributed by atoms with Gasteiger partial charge in [-0.05, 0) is 31.2 Å². The van der Waals surface area contributed by atoms with Gasteiger partial charge in [-0.1, -0.05) is 30.3 Å². The molecule has 1 aromatic rings. The van der Waals surface area contributed by atoms with E-state index in [9.17, 15) is 23.1 Å². The van der Waals surface area contributed by atoms with Crippen molar-refractivity contribution in [1.29, 1.82) is 5.41 Å². The van der Waals surface area contributed by atoms with Crippen LogP contribution in [0.1, 0.15) is 31.2 Å². The maximum absolute atomic E-state index is 12.8. The fourth-order valence-corrected chi connectivity index (χ4v) is 5.44. The molecular weight excluding hydrogens is 436 g/mol. The van der Waals surface area contributed by atoms with Crippen LogP contribution >= 0.6 is 0 Å². The number of sulfonamides is 1. The number of rotatable bonds is 7. The van der Waals surface area contributed by atoms with Crippen molar-refractivity contribution in [1.82, 2.24) is 19.8 Å². The number of hydrogen-bond donors (Lipinski definition) is 5. The van der Waals surface area contributed by atoms with E-state index >= 15 is 0 Å². The van der Waals surface area contributed by atoms with E-state index in [0.717, 1.165) is 0 Å². The Labute approximate surface area is 187 Å². The largest absolute Gasteiger partial charge is 0.371 e. The lowest BCUT2D eigenvalue weighted by molar-refractivity contribution is -0.140. The first-order valence-corrected chi connectivity index (χ1v) is 12.2. The zero-order valence-electron chi connectivity index (χ0n) is 17.7. The summed E-state index contributed by atoms with van der Waals surface area (Å²) < 4.78 is 27.5. The summed E-state index contributed by atoms with van der Waals surface area (Å²) in [6.07, 6.45) is 0.976. The number of hydrogen-bond acceptors (Lipinski definition) is 6. The normalized spacial score (nSPS) is 24.3. The molecule has 2 heterocycles. The molecule has 2 aliphatic rings. The molecule has 3 atom stereocenters. The van der Waals surface area contributed by atoms with Gasteiger partial charge >= 0.3 is 0 Å². The Balaban J connectivity index is 1.55. The fraction of sp³-hybridized carbons (Fsp3) is 0.550. The fourth-order valence-electron chi connectivity index (χ4n) is 4.07. The predicted molar refractivity (Wildman–Crippen MR) is 118 cm³/mol. The molecule has 32 heavy (non-hydrogen) atoms. The third kappa shape index (κ3) is 6.17. The highest BCUT2D eigenvalue weighted by Gasteiger charge is 2.35. The minimum atomic E-state index is -3.73. The quantitative estimate of drug-likeness (QED) is 0.251. The molecule has 0 bridgehead atoms. The van der Waals surface area contributed by atoms with E-state index < -0.39 is 40.1 Å². The van der Waals surface area contributed by atoms with Crippen molar-refractivity contribution in [2.45, 2.75) is 49.7 Å². The van der Waals surface area contributed by atoms with Gasteiger partial charge in [-0.15, -0.1) is 0 Å². The van der Waals surface area contributed by atoms with Crippen LogP contribution in [-0.4, -0.2) is 79.0 Å². The monoisotopic (exact) mass is 466 g/mol. The molecule has 2 fully saturated rings. The topological polar surface area (TPSA) is 169 Å². The summed E-state index contributed by atoms with van der Waals surface area (Å²) in [4.78, 5) is 28.0. The summed E-state index contributed by atoms with van der Waals surface area (Å²) in [5.74, 6) is -1.41. The summed E-state index contributed by atoms with van der Waals surface area (Å²) >= 11 is 0. The molecule has 0 aromatic heterocycles. The lowest BCUT2D eigenvalue weighted by Crippen LogP contribution is -2.60. The Kier molecular flexibility index (Phi) is 7.69. The number of benzene rings is 1. The number of guanidine groups is 1. The molecule has 12 heteroatoms. The van der Waals surface area contributed by atoms with Crippen LogP contribution in [0.4, 0.5) is 0 Å². The third-order valence-electron chi connectivity index (χ3n) is 5.64. The van der Waals surface area contributed by atoms with Crippen LogP contribution in [0, 0.1) is 5.41 Å². The molecule has 2 amide bonds. The predicted octanol–water partition coefficient (Wildman–Crippen LogP) is -1.11. The van der Waals surface area contributed by atoms with E-state index in [1.54, 1.807) is 30.3 Å². The Morgan fingerprint density at radius 1 is 1.19 bits per heavy atom. The van der Waals surface area contributed by atoms with Crippen LogP contribution < -0.4 is 15.8 Å². The summed E-state index contributed by atoms with van der Waals surface area (Å²) in [6.45, 7) is 0.535. The molecule has 11 nitrogen and oxygen atoms in total. The van der Waals surface area contributed by atoms with Crippen LogP contribution in [0.5, 0.6) is 0 Å². The molecule has 2 saturated heterocycles. The number of nitrogens with two attached hydrogens (primary N) is 1. The number of nitrogens with one attached hydrogen (secondary N) is 3. The van der Waals surface area contributed by atoms with Gasteiger partial charge in [0.2, 0.25) is 21.8 Å². The minimum absolute atomic E-state index is 0.232. The molecule has 0 saturated carbocycles. The Morgan fingerprint density at radius 2 is 1.88 bits per heavy atom. The van der Waals surface area contributed by atoms with Crippen molar-refractivity contribution >= 4 is 27.8 Å². The van der Waals surface area contributed by atoms with Crippen molar-refractivity contribution < 1.29 is 23.1 Å². The first-order chi connectivity index (χ1) is 15.2. The zero-order valence-corrected chi connectivity index (χ0v) is 18.6. The molecular formula is C20H30N6O5S. The summed E-state index contributed by atoms with van der Waals surface area (Å²) in [7, 11) is -3.73. The summed E-state index contributed by atoms with van der Waals surface area (Å²) in [6, 6.07) is 7.16. The van der Waals surface area contributed by atoms with Gasteiger partial charge in [-0.2, -0.15) is 0 Å². The zero-order chi connectivity index (χ0) is 23.3. The van der Waals surface area contributed by atoms with Crippen LogP contribution in [0.2, 0.25) is 0 Å². The molecule has 3 rings (SSSR count). The second kappa shape index (κ2) is 10.3. The van der Waals surface area contributed by atoms with Crippen LogP contribution in [-0.2, 0) is 25.4 Å². The van der Waals surface area contributed by atoms with Gasteiger partial charge in [0.25, 0.3) is 0 Å². The van der Waals surface area contributed by atoms with Gasteiger partial charge in [-0.3, -0.25) is 15.0 Å². The number of carbonyl (C=O) groups is 2. The van der Waals surface area contributed by atoms with Crippen molar-refractivity contribution in [3.8, 4) is 0 Å². The van der Waals surface area contributed by atoms with Crippen LogP contribution in [0.15, 0.2) is 30.3 Å². The SMILES string of the molecule is N=C(N)N1CCC[C@H](NC(=O)CN2CCC[C@@H](NS(=O)(=O)Cc3ccccc3)C2=O)C1O. The number of amides is 2. The van der Waals surface area contributed by atoms with E-state index in [4.69, 9.17) is 11.1 Å². The number of nitrogens with zero attached hydrogens (tertiary/aromatic N) is 2. The van der Waals surface area contributed by atoms with Gasteiger partial charge in [0.1, 0.15) is 12.3 Å². The summed E-state index contributed by atoms with van der Waals surface area (Å²) in [5, 5.41) is 20.5. The van der Waals surface area contributed by atoms with Gasteiger partial charge in [0, 0.05) is 13.1 Å². The lowest BCUT2D eigenvalue weighted by Gasteiger charge is -2.39. The number of piperidine rings is 2. The van der Waals surface area contributed by atoms with Crippen LogP contribution in [0.3, 0.4) is 0 Å². The minimum Gasteiger partial charge on any atom is -0.371 e. The first kappa shape index (κ1) is 24.0. The molecule has 0 spiro atoms. The Morgan fingerprint density at radius 3 is 2.56 bits per heavy atom. The Bertz CT molecular complexity index is 941. The third-order valence-corrected chi connectivity index (χ3v) is 6.99. The standard InChI is InChI=1S/C20H30N6O5S/c21-20(22)26-11-5-8-15(19(26)29)23-17(27)12-25-10-4-9-16(18(25)28)24-32(30,31)13-14-6-2-1-3-7-14/h1-3,6-7,15-16,19,24,29H,4-5,8-13H2,(H3,21,22)(H,23,27)/t15-,16+,19?/m0/s1. The van der Waals surface area contributed by atoms with Gasteiger partial charge in [0.15, 0.2) is 5.96 Å². The smallest absolute Gasteiger partial charge is 0.241 e. The van der Waals surface area contributed by atoms with E-state index in [1.165, 1.54) is 9.80 Å². The Hall–Kier alpha value is -2.70. The molecule has 176 valence electrons. The highest BCUT2D eigenvalue weighted by Crippen LogP contribution is 2.17. The number of aliphatic hydroxyl groups is 1. The van der Waals surface area contributed by atoms with E-state index in [1.807, 2.05) is 0 Å². The number of carbonyl (C=O) groups excluding carboxylic acids is 2. The van der Waals surface area contributed by atoms with E-state index in [2.05, 4.69) is 10.0 Å². The molecule has 6 N–H and O–H groups in total. The van der Waals surface area contributed by atoms with Gasteiger partial charge < -0.3 is 26.0 Å². The maximum Gasteiger partial charge on any atom is 0.241 e. The van der Waals surface area contributed by atoms with Gasteiger partial charge in [0.05, 0.1) is 18.3 Å². The molecule has 0 aliphatic carbocycles. The molecule has 1 unspecified atom stereocenters. The number of likely N-dealkylation sites (tertiary alicyclic amines) is 2.